The molecule has 4 heteroatoms. The van der Waals surface area contributed by atoms with Crippen molar-refractivity contribution in [3.05, 3.63) is 6.92 Å². The first-order valence-electron chi connectivity index (χ1n) is 1.66. The second-order valence-electron chi connectivity index (χ2n) is 0.936. The minimum Gasteiger partial charge on any atom is -0.253 e. The third-order valence-corrected chi connectivity index (χ3v) is 1.09. The van der Waals surface area contributed by atoms with E-state index >= 15 is 0 Å². The molecule has 0 bridgehead atoms. The molecule has 0 aromatic heterocycles. The lowest BCUT2D eigenvalue weighted by molar-refractivity contribution is -0.343. The van der Waals surface area contributed by atoms with E-state index in [0.29, 0.717) is 0 Å². The molecule has 0 aromatic rings. The van der Waals surface area contributed by atoms with Crippen molar-refractivity contribution in [2.24, 2.45) is 0 Å². The van der Waals surface area contributed by atoms with E-state index in [1.165, 1.54) is 0 Å². The highest BCUT2D eigenvalue weighted by molar-refractivity contribution is 7.72. The maximum Gasteiger partial charge on any atom is 0.437 e. The molecular formula is C3H7NO2S+. The van der Waals surface area contributed by atoms with Gasteiger partial charge in [0.15, 0.2) is 6.54 Å². The molecule has 0 spiro atoms. The van der Waals surface area contributed by atoms with Crippen LogP contribution in [0.4, 0.5) is 0 Å². The van der Waals surface area contributed by atoms with Crippen LogP contribution in [0.15, 0.2) is 0 Å². The molecule has 1 N–H and O–H groups in total. The molecule has 1 radical (unpaired) electrons. The van der Waals surface area contributed by atoms with Gasteiger partial charge in [0.2, 0.25) is 0 Å². The Morgan fingerprint density at radius 3 is 2.29 bits per heavy atom. The molecule has 0 aromatic carbocycles. The highest BCUT2D eigenvalue weighted by Crippen LogP contribution is 1.71. The predicted octanol–water partition coefficient (Wildman–Crippen LogP) is -0.330. The van der Waals surface area contributed by atoms with Gasteiger partial charge >= 0.3 is 11.3 Å². The normalized spacial score (nSPS) is 13.4. The Bertz CT molecular complexity index is 101. The second kappa shape index (κ2) is 2.87. The van der Waals surface area contributed by atoms with Crippen LogP contribution >= 0.6 is 0 Å². The van der Waals surface area contributed by atoms with Crippen LogP contribution in [-0.4, -0.2) is 26.0 Å². The van der Waals surface area contributed by atoms with E-state index in [0.717, 1.165) is 3.98 Å². The van der Waals surface area contributed by atoms with Gasteiger partial charge in [-0.3, -0.25) is 4.55 Å². The van der Waals surface area contributed by atoms with E-state index in [1.807, 2.05) is 0 Å². The number of hydrogen-bond donors (Lipinski definition) is 1. The molecule has 0 heterocycles. The molecule has 3 nitrogen and oxygen atoms in total. The van der Waals surface area contributed by atoms with Gasteiger partial charge in [0, 0.05) is 6.92 Å². The molecule has 0 aliphatic rings. The van der Waals surface area contributed by atoms with E-state index in [1.54, 1.807) is 0 Å². The summed E-state index contributed by atoms with van der Waals surface area (Å²) in [7, 11) is 0. The van der Waals surface area contributed by atoms with E-state index in [2.05, 4.69) is 13.6 Å². The Kier molecular flexibility index (Phi) is 2.78. The average Bonchev–Trinajstić information content (AvgIpc) is 1.65. The largest absolute Gasteiger partial charge is 0.437 e. The van der Waals surface area contributed by atoms with Crippen molar-refractivity contribution in [3.63, 3.8) is 0 Å². The molecule has 1 atom stereocenters. The van der Waals surface area contributed by atoms with Crippen LogP contribution in [0.2, 0.25) is 0 Å². The number of hydrogen-bond acceptors (Lipinski definition) is 1. The molecule has 41 valence electrons. The van der Waals surface area contributed by atoms with E-state index in [4.69, 9.17) is 4.55 Å². The zero-order chi connectivity index (χ0) is 5.86. The summed E-state index contributed by atoms with van der Waals surface area (Å²) < 4.78 is 18.9. The first-order chi connectivity index (χ1) is 3.18. The summed E-state index contributed by atoms with van der Waals surface area (Å²) in [5.41, 5.74) is 0. The molecule has 0 saturated carbocycles. The fourth-order valence-corrected chi connectivity index (χ4v) is 0.234. The first kappa shape index (κ1) is 6.78. The average molecular weight is 121 g/mol. The van der Waals surface area contributed by atoms with E-state index in [9.17, 15) is 4.21 Å². The number of nitrogens with zero attached hydrogens (tertiary/aromatic N) is 1. The summed E-state index contributed by atoms with van der Waals surface area (Å²) in [5.74, 6) is 0. The fraction of sp³-hybridized carbons (Fsp3) is 0.333. The predicted molar refractivity (Wildman–Crippen MR) is 28.4 cm³/mol. The van der Waals surface area contributed by atoms with Crippen LogP contribution in [0, 0.1) is 6.92 Å². The van der Waals surface area contributed by atoms with Gasteiger partial charge in [-0.15, -0.1) is 3.98 Å². The van der Waals surface area contributed by atoms with Crippen LogP contribution in [0.25, 0.3) is 0 Å². The van der Waals surface area contributed by atoms with Gasteiger partial charge in [-0.05, 0) is 0 Å². The van der Waals surface area contributed by atoms with Gasteiger partial charge in [0.1, 0.15) is 6.72 Å². The van der Waals surface area contributed by atoms with Gasteiger partial charge in [0.25, 0.3) is 0 Å². The highest BCUT2D eigenvalue weighted by Gasteiger charge is 2.01. The molecule has 0 saturated heterocycles. The standard InChI is InChI=1S/C3H6NO2S/c1-3-4(2)7(5)6/h1-3H2/p+1. The monoisotopic (exact) mass is 121 g/mol. The van der Waals surface area contributed by atoms with Crippen LogP contribution < -0.4 is 0 Å². The second-order valence-corrected chi connectivity index (χ2v) is 1.91. The lowest BCUT2D eigenvalue weighted by Crippen LogP contribution is -2.10. The summed E-state index contributed by atoms with van der Waals surface area (Å²) in [6, 6.07) is 0. The molecule has 0 fully saturated rings. The third kappa shape index (κ3) is 2.47. The van der Waals surface area contributed by atoms with Crippen LogP contribution in [-0.2, 0) is 11.3 Å². The molecule has 0 aliphatic heterocycles. The Hall–Kier alpha value is -0.220. The number of rotatable bonds is 2. The van der Waals surface area contributed by atoms with Crippen LogP contribution in [0.3, 0.4) is 0 Å². The van der Waals surface area contributed by atoms with Gasteiger partial charge < -0.3 is 0 Å². The lowest BCUT2D eigenvalue weighted by atomic mass is 10.8. The van der Waals surface area contributed by atoms with Gasteiger partial charge in [-0.1, -0.05) is 0 Å². The van der Waals surface area contributed by atoms with Crippen molar-refractivity contribution >= 4 is 18.0 Å². The fourth-order valence-electron chi connectivity index (χ4n) is 0.0781. The summed E-state index contributed by atoms with van der Waals surface area (Å²) in [5, 5.41) is 0. The lowest BCUT2D eigenvalue weighted by Gasteiger charge is -1.82. The maximum absolute atomic E-state index is 9.86. The first-order valence-corrected chi connectivity index (χ1v) is 2.73. The van der Waals surface area contributed by atoms with Crippen molar-refractivity contribution in [1.29, 1.82) is 0 Å². The van der Waals surface area contributed by atoms with Gasteiger partial charge in [-0.25, -0.2) is 0 Å². The van der Waals surface area contributed by atoms with Crippen molar-refractivity contribution in [1.82, 2.24) is 0 Å². The van der Waals surface area contributed by atoms with Crippen LogP contribution in [0.1, 0.15) is 0 Å². The molecule has 0 rings (SSSR count). The zero-order valence-corrected chi connectivity index (χ0v) is 4.65. The molecular weight excluding hydrogens is 114 g/mol. The Morgan fingerprint density at radius 2 is 2.29 bits per heavy atom. The summed E-state index contributed by atoms with van der Waals surface area (Å²) in [6.07, 6.45) is 0. The third-order valence-electron chi connectivity index (χ3n) is 0.470. The summed E-state index contributed by atoms with van der Waals surface area (Å²) in [6.45, 7) is 6.73. The molecule has 0 aliphatic carbocycles. The topological polar surface area (TPSA) is 40.3 Å². The van der Waals surface area contributed by atoms with Crippen molar-refractivity contribution in [2.45, 2.75) is 0 Å². The van der Waals surface area contributed by atoms with Crippen molar-refractivity contribution in [3.8, 4) is 0 Å². The molecule has 0 amide bonds. The van der Waals surface area contributed by atoms with Gasteiger partial charge in [0.05, 0.1) is 0 Å². The van der Waals surface area contributed by atoms with Gasteiger partial charge in [-0.2, -0.15) is 4.21 Å². The Balaban J connectivity index is 3.58. The zero-order valence-electron chi connectivity index (χ0n) is 3.83. The SMILES string of the molecule is [CH2]C[N+](=C)S(=O)O. The van der Waals surface area contributed by atoms with Crippen molar-refractivity contribution < 1.29 is 12.7 Å². The minimum absolute atomic E-state index is 0.239. The van der Waals surface area contributed by atoms with Crippen LogP contribution in [0.5, 0.6) is 0 Å². The summed E-state index contributed by atoms with van der Waals surface area (Å²) >= 11 is -1.95. The van der Waals surface area contributed by atoms with Crippen molar-refractivity contribution in [2.75, 3.05) is 6.54 Å². The highest BCUT2D eigenvalue weighted by atomic mass is 32.2. The minimum atomic E-state index is -1.95. The van der Waals surface area contributed by atoms with E-state index in [-0.39, 0.29) is 6.54 Å². The Labute approximate surface area is 45.1 Å². The quantitative estimate of drug-likeness (QED) is 0.309. The summed E-state index contributed by atoms with van der Waals surface area (Å²) in [4.78, 5) is 0. The molecule has 1 unspecified atom stereocenters. The van der Waals surface area contributed by atoms with E-state index < -0.39 is 11.3 Å². The Morgan fingerprint density at radius 1 is 1.86 bits per heavy atom. The molecule has 7 heavy (non-hydrogen) atoms. The smallest absolute Gasteiger partial charge is 0.253 e. The maximum atomic E-state index is 9.86.